The number of ether oxygens (including phenoxy) is 2. The van der Waals surface area contributed by atoms with Crippen molar-refractivity contribution in [2.45, 2.75) is 19.3 Å². The van der Waals surface area contributed by atoms with Crippen LogP contribution in [0.15, 0.2) is 12.1 Å². The summed E-state index contributed by atoms with van der Waals surface area (Å²) in [5.74, 6) is -1.12. The molecular weight excluding hydrogens is 320 g/mol. The summed E-state index contributed by atoms with van der Waals surface area (Å²) in [6.07, 6.45) is 0.785. The number of carboxylic acids is 1. The number of nitrogens with zero attached hydrogens (tertiary/aromatic N) is 1. The Labute approximate surface area is 137 Å². The van der Waals surface area contributed by atoms with Crippen molar-refractivity contribution in [1.82, 2.24) is 5.32 Å². The highest BCUT2D eigenvalue weighted by atomic mass is 16.6. The Bertz CT molecular complexity index is 683. The van der Waals surface area contributed by atoms with Crippen LogP contribution in [-0.2, 0) is 16.0 Å². The molecule has 2 rings (SSSR count). The summed E-state index contributed by atoms with van der Waals surface area (Å²) in [7, 11) is 2.79. The quantitative estimate of drug-likeness (QED) is 0.413. The van der Waals surface area contributed by atoms with Gasteiger partial charge in [0.25, 0.3) is 5.69 Å². The van der Waals surface area contributed by atoms with Crippen molar-refractivity contribution < 1.29 is 29.1 Å². The van der Waals surface area contributed by atoms with Crippen LogP contribution in [0.5, 0.6) is 11.5 Å². The number of hydrogen-bond acceptors (Lipinski definition) is 6. The molecule has 1 saturated carbocycles. The summed E-state index contributed by atoms with van der Waals surface area (Å²) in [5, 5.41) is 22.8. The van der Waals surface area contributed by atoms with Crippen molar-refractivity contribution in [3.05, 3.63) is 27.8 Å². The van der Waals surface area contributed by atoms with Crippen molar-refractivity contribution in [3.63, 3.8) is 0 Å². The van der Waals surface area contributed by atoms with Crippen LogP contribution in [0.4, 0.5) is 5.69 Å². The van der Waals surface area contributed by atoms with Gasteiger partial charge in [0.15, 0.2) is 11.5 Å². The van der Waals surface area contributed by atoms with Gasteiger partial charge >= 0.3 is 5.97 Å². The van der Waals surface area contributed by atoms with Crippen LogP contribution < -0.4 is 14.8 Å². The lowest BCUT2D eigenvalue weighted by Gasteiger charge is -2.12. The van der Waals surface area contributed by atoms with E-state index in [1.807, 2.05) is 0 Å². The zero-order valence-electron chi connectivity index (χ0n) is 13.3. The van der Waals surface area contributed by atoms with E-state index >= 15 is 0 Å². The Kier molecular flexibility index (Phi) is 4.91. The predicted octanol–water partition coefficient (Wildman–Crippen LogP) is 1.14. The van der Waals surface area contributed by atoms with Gasteiger partial charge in [0, 0.05) is 12.1 Å². The molecule has 0 spiro atoms. The number of nitro benzene ring substituents is 1. The fourth-order valence-electron chi connectivity index (χ4n) is 2.42. The summed E-state index contributed by atoms with van der Waals surface area (Å²) >= 11 is 0. The molecule has 2 N–H and O–H groups in total. The van der Waals surface area contributed by atoms with Gasteiger partial charge in [-0.15, -0.1) is 0 Å². The Balaban J connectivity index is 2.10. The molecule has 1 aromatic carbocycles. The fourth-order valence-corrected chi connectivity index (χ4v) is 2.42. The number of nitro groups is 1. The smallest absolute Gasteiger partial charge is 0.319 e. The summed E-state index contributed by atoms with van der Waals surface area (Å²) in [6.45, 7) is 0.0875. The van der Waals surface area contributed by atoms with Gasteiger partial charge in [-0.25, -0.2) is 0 Å². The molecule has 0 saturated heterocycles. The van der Waals surface area contributed by atoms with E-state index in [2.05, 4.69) is 5.32 Å². The van der Waals surface area contributed by atoms with Crippen LogP contribution in [0.2, 0.25) is 0 Å². The third kappa shape index (κ3) is 3.24. The number of hydrogen-bond donors (Lipinski definition) is 2. The van der Waals surface area contributed by atoms with Crippen LogP contribution in [0, 0.1) is 15.5 Å². The number of carboxylic acid groups (broad SMARTS) is 1. The third-order valence-electron chi connectivity index (χ3n) is 4.06. The summed E-state index contributed by atoms with van der Waals surface area (Å²) in [5.41, 5.74) is -1.12. The van der Waals surface area contributed by atoms with Crippen molar-refractivity contribution >= 4 is 17.6 Å². The molecule has 1 fully saturated rings. The minimum atomic E-state index is -1.33. The van der Waals surface area contributed by atoms with Gasteiger partial charge in [0.1, 0.15) is 5.41 Å². The SMILES string of the molecule is COc1cc(CCNC(=O)C2(C(=O)O)CC2)c([N+](=O)[O-])cc1OC. The molecule has 0 atom stereocenters. The van der Waals surface area contributed by atoms with Crippen molar-refractivity contribution in [2.24, 2.45) is 5.41 Å². The standard InChI is InChI=1S/C15H18N2O7/c1-23-11-7-9(10(17(21)22)8-12(11)24-2)3-6-16-13(18)15(4-5-15)14(19)20/h7-8H,3-6H2,1-2H3,(H,16,18)(H,19,20). The van der Waals surface area contributed by atoms with Gasteiger partial charge in [-0.3, -0.25) is 19.7 Å². The fraction of sp³-hybridized carbons (Fsp3) is 0.467. The van der Waals surface area contributed by atoms with E-state index in [0.29, 0.717) is 24.2 Å². The number of aliphatic carboxylic acids is 1. The molecule has 0 heterocycles. The molecule has 1 aliphatic carbocycles. The lowest BCUT2D eigenvalue weighted by molar-refractivity contribution is -0.385. The molecule has 1 aliphatic rings. The molecule has 0 aromatic heterocycles. The Morgan fingerprint density at radius 1 is 1.29 bits per heavy atom. The normalized spacial score (nSPS) is 14.6. The molecule has 0 radical (unpaired) electrons. The van der Waals surface area contributed by atoms with Gasteiger partial charge in [-0.05, 0) is 25.3 Å². The van der Waals surface area contributed by atoms with E-state index in [-0.39, 0.29) is 24.4 Å². The molecule has 9 nitrogen and oxygen atoms in total. The number of benzene rings is 1. The van der Waals surface area contributed by atoms with Crippen LogP contribution >= 0.6 is 0 Å². The summed E-state index contributed by atoms with van der Waals surface area (Å²) in [6, 6.07) is 2.74. The first-order chi connectivity index (χ1) is 11.4. The second-order valence-corrected chi connectivity index (χ2v) is 5.49. The first-order valence-corrected chi connectivity index (χ1v) is 7.26. The maximum atomic E-state index is 11.9. The van der Waals surface area contributed by atoms with Crippen LogP contribution in [0.3, 0.4) is 0 Å². The van der Waals surface area contributed by atoms with Crippen molar-refractivity contribution in [2.75, 3.05) is 20.8 Å². The van der Waals surface area contributed by atoms with Crippen molar-refractivity contribution in [3.8, 4) is 11.5 Å². The maximum absolute atomic E-state index is 11.9. The zero-order valence-corrected chi connectivity index (χ0v) is 13.3. The number of carbonyl (C=O) groups excluding carboxylic acids is 1. The molecule has 1 amide bonds. The highest BCUT2D eigenvalue weighted by Gasteiger charge is 2.56. The molecule has 0 unspecified atom stereocenters. The van der Waals surface area contributed by atoms with Gasteiger partial charge in [-0.1, -0.05) is 0 Å². The monoisotopic (exact) mass is 338 g/mol. The van der Waals surface area contributed by atoms with E-state index < -0.39 is 22.2 Å². The molecule has 0 aliphatic heterocycles. The number of amides is 1. The summed E-state index contributed by atoms with van der Waals surface area (Å²) < 4.78 is 10.2. The van der Waals surface area contributed by atoms with E-state index in [4.69, 9.17) is 14.6 Å². The molecule has 130 valence electrons. The van der Waals surface area contributed by atoms with Gasteiger partial charge < -0.3 is 19.9 Å². The predicted molar refractivity (Wildman–Crippen MR) is 82.2 cm³/mol. The highest BCUT2D eigenvalue weighted by molar-refractivity contribution is 6.04. The molecule has 24 heavy (non-hydrogen) atoms. The average molecular weight is 338 g/mol. The van der Waals surface area contributed by atoms with E-state index in [0.717, 1.165) is 0 Å². The summed E-state index contributed by atoms with van der Waals surface area (Å²) in [4.78, 5) is 33.7. The molecule has 0 bridgehead atoms. The van der Waals surface area contributed by atoms with Crippen LogP contribution in [0.1, 0.15) is 18.4 Å². The van der Waals surface area contributed by atoms with Crippen LogP contribution in [-0.4, -0.2) is 42.7 Å². The van der Waals surface area contributed by atoms with Gasteiger partial charge in [-0.2, -0.15) is 0 Å². The van der Waals surface area contributed by atoms with E-state index in [1.165, 1.54) is 26.4 Å². The first kappa shape index (κ1) is 17.5. The largest absolute Gasteiger partial charge is 0.493 e. The lowest BCUT2D eigenvalue weighted by Crippen LogP contribution is -2.38. The lowest BCUT2D eigenvalue weighted by atomic mass is 10.1. The minimum absolute atomic E-state index is 0.0875. The number of nitrogens with one attached hydrogen (secondary N) is 1. The van der Waals surface area contributed by atoms with Gasteiger partial charge in [0.2, 0.25) is 5.91 Å². The Morgan fingerprint density at radius 3 is 2.33 bits per heavy atom. The average Bonchev–Trinajstić information content (AvgIpc) is 3.35. The van der Waals surface area contributed by atoms with Gasteiger partial charge in [0.05, 0.1) is 25.2 Å². The maximum Gasteiger partial charge on any atom is 0.319 e. The van der Waals surface area contributed by atoms with Crippen molar-refractivity contribution in [1.29, 1.82) is 0 Å². The third-order valence-corrected chi connectivity index (χ3v) is 4.06. The second kappa shape index (κ2) is 6.73. The number of methoxy groups -OCH3 is 2. The number of rotatable bonds is 8. The highest BCUT2D eigenvalue weighted by Crippen LogP contribution is 2.46. The van der Waals surface area contributed by atoms with E-state index in [1.54, 1.807) is 0 Å². The Hall–Kier alpha value is -2.84. The van der Waals surface area contributed by atoms with Crippen LogP contribution in [0.25, 0.3) is 0 Å². The zero-order chi connectivity index (χ0) is 17.9. The Morgan fingerprint density at radius 2 is 1.88 bits per heavy atom. The number of carbonyl (C=O) groups is 2. The second-order valence-electron chi connectivity index (χ2n) is 5.49. The van der Waals surface area contributed by atoms with E-state index in [9.17, 15) is 19.7 Å². The topological polar surface area (TPSA) is 128 Å². The first-order valence-electron chi connectivity index (χ1n) is 7.26. The molecule has 1 aromatic rings. The molecular formula is C15H18N2O7. The minimum Gasteiger partial charge on any atom is -0.493 e. The molecule has 9 heteroatoms.